The van der Waals surface area contributed by atoms with Crippen molar-refractivity contribution in [3.8, 4) is 11.5 Å². The first-order chi connectivity index (χ1) is 5.86. The van der Waals surface area contributed by atoms with Gasteiger partial charge in [-0.25, -0.2) is 4.98 Å². The Kier molecular flexibility index (Phi) is 2.07. The molecule has 0 radical (unpaired) electrons. The molecule has 0 N–H and O–H groups in total. The van der Waals surface area contributed by atoms with Crippen LogP contribution < -0.4 is 0 Å². The summed E-state index contributed by atoms with van der Waals surface area (Å²) in [7, 11) is 0. The van der Waals surface area contributed by atoms with Gasteiger partial charge in [-0.3, -0.25) is 4.98 Å². The summed E-state index contributed by atoms with van der Waals surface area (Å²) in [5.41, 5.74) is 0.813. The van der Waals surface area contributed by atoms with Crippen molar-refractivity contribution in [1.82, 2.24) is 9.97 Å². The van der Waals surface area contributed by atoms with E-state index in [0.29, 0.717) is 9.66 Å². The summed E-state index contributed by atoms with van der Waals surface area (Å²) < 4.78 is 5.92. The molecule has 2 heterocycles. The van der Waals surface area contributed by atoms with Crippen molar-refractivity contribution in [3.63, 3.8) is 0 Å². The van der Waals surface area contributed by atoms with Gasteiger partial charge in [-0.2, -0.15) is 0 Å². The fourth-order valence-corrected chi connectivity index (χ4v) is 1.26. The van der Waals surface area contributed by atoms with Gasteiger partial charge in [0.25, 0.3) is 3.90 Å². The molecule has 0 unspecified atom stereocenters. The molecule has 0 saturated heterocycles. The van der Waals surface area contributed by atoms with Crippen LogP contribution in [0.2, 0.25) is 0 Å². The number of nitrogens with zero attached hydrogens (tertiary/aromatic N) is 2. The number of hydrogen-bond acceptors (Lipinski definition) is 3. The summed E-state index contributed by atoms with van der Waals surface area (Å²) in [5, 5.41) is 0. The van der Waals surface area contributed by atoms with Crippen LogP contribution in [0.1, 0.15) is 0 Å². The van der Waals surface area contributed by atoms with Gasteiger partial charge in [-0.1, -0.05) is 6.07 Å². The van der Waals surface area contributed by atoms with E-state index in [0.717, 1.165) is 5.69 Å². The van der Waals surface area contributed by atoms with Crippen molar-refractivity contribution in [3.05, 3.63) is 34.5 Å². The molecule has 0 bridgehead atoms. The van der Waals surface area contributed by atoms with Gasteiger partial charge in [0.15, 0.2) is 5.76 Å². The lowest BCUT2D eigenvalue weighted by Gasteiger charge is -1.91. The maximum absolute atomic E-state index is 5.28. The summed E-state index contributed by atoms with van der Waals surface area (Å²) in [5.74, 6) is 0.708. The van der Waals surface area contributed by atoms with E-state index in [9.17, 15) is 0 Å². The molecular formula is C8H5IN2O. The number of oxazole rings is 1. The van der Waals surface area contributed by atoms with Gasteiger partial charge in [-0.05, 0) is 12.1 Å². The van der Waals surface area contributed by atoms with E-state index in [1.165, 1.54) is 0 Å². The van der Waals surface area contributed by atoms with E-state index in [1.54, 1.807) is 12.4 Å². The van der Waals surface area contributed by atoms with Crippen LogP contribution in [-0.4, -0.2) is 9.97 Å². The highest BCUT2D eigenvalue weighted by molar-refractivity contribution is 14.1. The Hall–Kier alpha value is -0.910. The Bertz CT molecular complexity index is 372. The third-order valence-corrected chi connectivity index (χ3v) is 1.89. The average molecular weight is 272 g/mol. The highest BCUT2D eigenvalue weighted by Crippen LogP contribution is 2.17. The molecule has 4 heteroatoms. The van der Waals surface area contributed by atoms with Crippen LogP contribution in [0.5, 0.6) is 0 Å². The Balaban J connectivity index is 2.45. The molecule has 60 valence electrons. The summed E-state index contributed by atoms with van der Waals surface area (Å²) in [6.45, 7) is 0. The lowest BCUT2D eigenvalue weighted by atomic mass is 10.3. The molecule has 0 spiro atoms. The van der Waals surface area contributed by atoms with Crippen LogP contribution in [0.15, 0.2) is 35.0 Å². The fourth-order valence-electron chi connectivity index (χ4n) is 0.880. The predicted octanol–water partition coefficient (Wildman–Crippen LogP) is 2.34. The molecule has 0 amide bonds. The minimum absolute atomic E-state index is 0.633. The second-order valence-corrected chi connectivity index (χ2v) is 3.12. The minimum atomic E-state index is 0.633. The maximum Gasteiger partial charge on any atom is 0.257 e. The van der Waals surface area contributed by atoms with E-state index in [2.05, 4.69) is 9.97 Å². The zero-order valence-corrected chi connectivity index (χ0v) is 8.22. The number of halogens is 1. The number of aromatic nitrogens is 2. The van der Waals surface area contributed by atoms with Crippen LogP contribution in [0.3, 0.4) is 0 Å². The van der Waals surface area contributed by atoms with Crippen molar-refractivity contribution in [2.45, 2.75) is 0 Å². The first-order valence-electron chi connectivity index (χ1n) is 3.39. The highest BCUT2D eigenvalue weighted by atomic mass is 127. The maximum atomic E-state index is 5.28. The molecule has 0 fully saturated rings. The topological polar surface area (TPSA) is 38.9 Å². The molecule has 2 aromatic rings. The first kappa shape index (κ1) is 7.72. The standard InChI is InChI=1S/C8H5IN2O/c9-8-11-5-7(12-8)6-3-1-2-4-10-6/h1-5H. The molecule has 3 nitrogen and oxygen atoms in total. The van der Waals surface area contributed by atoms with Gasteiger partial charge in [0.1, 0.15) is 5.69 Å². The van der Waals surface area contributed by atoms with Crippen molar-refractivity contribution >= 4 is 22.6 Å². The quantitative estimate of drug-likeness (QED) is 0.748. The molecule has 0 aromatic carbocycles. The van der Waals surface area contributed by atoms with Gasteiger partial charge in [-0.15, -0.1) is 0 Å². The molecular weight excluding hydrogens is 267 g/mol. The van der Waals surface area contributed by atoms with Gasteiger partial charge in [0, 0.05) is 28.8 Å². The summed E-state index contributed by atoms with van der Waals surface area (Å²) >= 11 is 2.02. The second-order valence-electron chi connectivity index (χ2n) is 2.19. The van der Waals surface area contributed by atoms with Crippen LogP contribution >= 0.6 is 22.6 Å². The lowest BCUT2D eigenvalue weighted by molar-refractivity contribution is 0.537. The van der Waals surface area contributed by atoms with Crippen LogP contribution in [-0.2, 0) is 0 Å². The molecule has 2 rings (SSSR count). The second kappa shape index (κ2) is 3.22. The zero-order chi connectivity index (χ0) is 8.39. The van der Waals surface area contributed by atoms with E-state index in [-0.39, 0.29) is 0 Å². The number of pyridine rings is 1. The minimum Gasteiger partial charge on any atom is -0.430 e. The molecule has 0 saturated carbocycles. The average Bonchev–Trinajstić information content (AvgIpc) is 2.54. The van der Waals surface area contributed by atoms with E-state index in [4.69, 9.17) is 4.42 Å². The van der Waals surface area contributed by atoms with Crippen LogP contribution in [0.25, 0.3) is 11.5 Å². The smallest absolute Gasteiger partial charge is 0.257 e. The van der Waals surface area contributed by atoms with E-state index < -0.39 is 0 Å². The molecule has 12 heavy (non-hydrogen) atoms. The number of rotatable bonds is 1. The van der Waals surface area contributed by atoms with Crippen molar-refractivity contribution in [2.24, 2.45) is 0 Å². The summed E-state index contributed by atoms with van der Waals surface area (Å²) in [4.78, 5) is 8.10. The normalized spacial score (nSPS) is 10.1. The largest absolute Gasteiger partial charge is 0.430 e. The van der Waals surface area contributed by atoms with Gasteiger partial charge >= 0.3 is 0 Å². The molecule has 0 aliphatic carbocycles. The van der Waals surface area contributed by atoms with Gasteiger partial charge < -0.3 is 4.42 Å². The molecule has 0 aliphatic rings. The highest BCUT2D eigenvalue weighted by Gasteiger charge is 2.03. The summed E-state index contributed by atoms with van der Waals surface area (Å²) in [6, 6.07) is 5.67. The van der Waals surface area contributed by atoms with Gasteiger partial charge in [0.2, 0.25) is 0 Å². The van der Waals surface area contributed by atoms with E-state index >= 15 is 0 Å². The Morgan fingerprint density at radius 2 is 2.17 bits per heavy atom. The third-order valence-electron chi connectivity index (χ3n) is 1.39. The third kappa shape index (κ3) is 1.47. The SMILES string of the molecule is Ic1ncc(-c2ccccn2)o1. The monoisotopic (exact) mass is 272 g/mol. The zero-order valence-electron chi connectivity index (χ0n) is 6.07. The fraction of sp³-hybridized carbons (Fsp3) is 0. The van der Waals surface area contributed by atoms with Crippen LogP contribution in [0.4, 0.5) is 0 Å². The Labute approximate surface area is 83.0 Å². The summed E-state index contributed by atoms with van der Waals surface area (Å²) in [6.07, 6.45) is 3.40. The Morgan fingerprint density at radius 3 is 2.75 bits per heavy atom. The Morgan fingerprint density at radius 1 is 1.25 bits per heavy atom. The van der Waals surface area contributed by atoms with Crippen molar-refractivity contribution in [2.75, 3.05) is 0 Å². The lowest BCUT2D eigenvalue weighted by Crippen LogP contribution is -1.76. The van der Waals surface area contributed by atoms with Crippen molar-refractivity contribution < 1.29 is 4.42 Å². The molecule has 2 aromatic heterocycles. The number of hydrogen-bond donors (Lipinski definition) is 0. The van der Waals surface area contributed by atoms with Gasteiger partial charge in [0.05, 0.1) is 6.20 Å². The molecule has 0 atom stereocenters. The predicted molar refractivity (Wildman–Crippen MR) is 52.5 cm³/mol. The van der Waals surface area contributed by atoms with Crippen LogP contribution in [0, 0.1) is 3.90 Å². The van der Waals surface area contributed by atoms with Crippen molar-refractivity contribution in [1.29, 1.82) is 0 Å². The first-order valence-corrected chi connectivity index (χ1v) is 4.47. The van der Waals surface area contributed by atoms with E-state index in [1.807, 2.05) is 40.8 Å². The molecule has 0 aliphatic heterocycles.